The number of amides is 1. The number of carbonyl (C=O) groups is 3. The average Bonchev–Trinajstić information content (AvgIpc) is 2.89. The average molecular weight is 540 g/mol. The summed E-state index contributed by atoms with van der Waals surface area (Å²) in [5, 5.41) is 11.0. The number of carboxylic acids is 1. The van der Waals surface area contributed by atoms with Crippen molar-refractivity contribution < 1.29 is 24.2 Å². The van der Waals surface area contributed by atoms with Gasteiger partial charge in [0, 0.05) is 12.8 Å². The van der Waals surface area contributed by atoms with Crippen molar-refractivity contribution in [3.8, 4) is 0 Å². The Kier molecular flexibility index (Phi) is 27.2. The third-order valence-corrected chi connectivity index (χ3v) is 7.28. The summed E-state index contributed by atoms with van der Waals surface area (Å²) in [6.07, 6.45) is 27.9. The fourth-order valence-corrected chi connectivity index (χ4v) is 4.87. The van der Waals surface area contributed by atoms with Gasteiger partial charge in [-0.15, -0.1) is 0 Å². The van der Waals surface area contributed by atoms with Crippen LogP contribution in [0.15, 0.2) is 0 Å². The molecule has 0 heterocycles. The number of ether oxygens (including phenoxy) is 1. The molecule has 1 unspecified atom stereocenters. The molecule has 0 aliphatic heterocycles. The largest absolute Gasteiger partial charge is 0.480 e. The summed E-state index contributed by atoms with van der Waals surface area (Å²) >= 11 is 0. The van der Waals surface area contributed by atoms with E-state index < -0.39 is 5.97 Å². The van der Waals surface area contributed by atoms with Gasteiger partial charge in [-0.2, -0.15) is 0 Å². The van der Waals surface area contributed by atoms with Crippen molar-refractivity contribution in [1.29, 1.82) is 0 Å². The zero-order valence-corrected chi connectivity index (χ0v) is 25.0. The molecule has 6 nitrogen and oxygen atoms in total. The zero-order valence-electron chi connectivity index (χ0n) is 25.0. The maximum atomic E-state index is 12.5. The summed E-state index contributed by atoms with van der Waals surface area (Å²) in [5.41, 5.74) is 0. The minimum absolute atomic E-state index is 0.0214. The Labute approximate surface area is 234 Å². The van der Waals surface area contributed by atoms with Crippen LogP contribution in [0, 0.1) is 0 Å². The maximum Gasteiger partial charge on any atom is 0.322 e. The van der Waals surface area contributed by atoms with Gasteiger partial charge in [-0.05, 0) is 38.5 Å². The zero-order chi connectivity index (χ0) is 28.1. The van der Waals surface area contributed by atoms with Crippen molar-refractivity contribution in [3.05, 3.63) is 0 Å². The van der Waals surface area contributed by atoms with E-state index in [4.69, 9.17) is 9.84 Å². The normalized spacial score (nSPS) is 11.8. The quantitative estimate of drug-likeness (QED) is 0.0731. The number of unbranched alkanes of at least 4 members (excludes halogenated alkanes) is 18. The van der Waals surface area contributed by atoms with E-state index in [9.17, 15) is 14.4 Å². The number of nitrogens with one attached hydrogen (secondary N) is 1. The molecule has 0 bridgehead atoms. The molecule has 0 aliphatic carbocycles. The van der Waals surface area contributed by atoms with Crippen LogP contribution in [0.4, 0.5) is 0 Å². The summed E-state index contributed by atoms with van der Waals surface area (Å²) in [7, 11) is 0. The Balaban J connectivity index is 4.13. The van der Waals surface area contributed by atoms with Crippen molar-refractivity contribution >= 4 is 17.8 Å². The summed E-state index contributed by atoms with van der Waals surface area (Å²) in [6.45, 7) is 4.18. The van der Waals surface area contributed by atoms with Gasteiger partial charge in [0.25, 0.3) is 0 Å². The van der Waals surface area contributed by atoms with E-state index in [0.29, 0.717) is 12.8 Å². The molecule has 0 fully saturated rings. The second kappa shape index (κ2) is 28.4. The summed E-state index contributed by atoms with van der Waals surface area (Å²) in [4.78, 5) is 34.6. The minimum atomic E-state index is -1.02. The molecule has 0 aromatic rings. The molecule has 0 aliphatic rings. The van der Waals surface area contributed by atoms with Gasteiger partial charge < -0.3 is 15.2 Å². The fraction of sp³-hybridized carbons (Fsp3) is 0.906. The fourth-order valence-electron chi connectivity index (χ4n) is 4.87. The second-order valence-corrected chi connectivity index (χ2v) is 11.1. The van der Waals surface area contributed by atoms with E-state index >= 15 is 0 Å². The van der Waals surface area contributed by atoms with Crippen LogP contribution >= 0.6 is 0 Å². The van der Waals surface area contributed by atoms with Gasteiger partial charge >= 0.3 is 11.9 Å². The molecular weight excluding hydrogens is 478 g/mol. The molecule has 0 aromatic heterocycles. The molecule has 1 amide bonds. The van der Waals surface area contributed by atoms with Crippen LogP contribution in [-0.2, 0) is 19.1 Å². The lowest BCUT2D eigenvalue weighted by atomic mass is 10.0. The molecule has 0 saturated carbocycles. The number of hydrogen-bond donors (Lipinski definition) is 2. The van der Waals surface area contributed by atoms with Crippen LogP contribution in [0.3, 0.4) is 0 Å². The smallest absolute Gasteiger partial charge is 0.322 e. The molecule has 6 heteroatoms. The lowest BCUT2D eigenvalue weighted by Gasteiger charge is -2.18. The van der Waals surface area contributed by atoms with Crippen LogP contribution in [0.5, 0.6) is 0 Å². The number of carbonyl (C=O) groups excluding carboxylic acids is 2. The Morgan fingerprint density at radius 2 is 0.974 bits per heavy atom. The van der Waals surface area contributed by atoms with Gasteiger partial charge in [-0.25, -0.2) is 0 Å². The lowest BCUT2D eigenvalue weighted by molar-refractivity contribution is -0.150. The first-order chi connectivity index (χ1) is 18.5. The van der Waals surface area contributed by atoms with Gasteiger partial charge in [0.05, 0.1) is 0 Å². The van der Waals surface area contributed by atoms with Crippen molar-refractivity contribution in [1.82, 2.24) is 5.32 Å². The van der Waals surface area contributed by atoms with Crippen molar-refractivity contribution in [2.24, 2.45) is 0 Å². The van der Waals surface area contributed by atoms with E-state index in [1.165, 1.54) is 83.5 Å². The van der Waals surface area contributed by atoms with Crippen LogP contribution in [-0.4, -0.2) is 35.6 Å². The van der Waals surface area contributed by atoms with Crippen LogP contribution in [0.1, 0.15) is 174 Å². The molecule has 0 aromatic carbocycles. The number of aliphatic carboxylic acids is 1. The van der Waals surface area contributed by atoms with Crippen LogP contribution in [0.25, 0.3) is 0 Å². The molecule has 0 rings (SSSR count). The van der Waals surface area contributed by atoms with Gasteiger partial charge in [0.2, 0.25) is 5.91 Å². The maximum absolute atomic E-state index is 12.5. The molecule has 0 radical (unpaired) electrons. The van der Waals surface area contributed by atoms with Gasteiger partial charge in [-0.3, -0.25) is 14.4 Å². The first-order valence-electron chi connectivity index (χ1n) is 16.2. The summed E-state index contributed by atoms with van der Waals surface area (Å²) in [5.74, 6) is -1.23. The minimum Gasteiger partial charge on any atom is -0.480 e. The SMILES string of the molecule is CCCCCCCCCCCC(CCCCCCCC(=O)NCC(=O)O)OC(=O)CCCCCCCCC. The topological polar surface area (TPSA) is 92.7 Å². The third-order valence-electron chi connectivity index (χ3n) is 7.28. The standard InChI is InChI=1S/C32H61NO5/c1-3-5-7-9-11-12-14-16-20-24-29(38-32(37)27-23-19-13-10-8-6-4-2)25-21-17-15-18-22-26-30(34)33-28-31(35)36/h29H,3-28H2,1-2H3,(H,33,34)(H,35,36). The molecule has 1 atom stereocenters. The van der Waals surface area contributed by atoms with E-state index in [2.05, 4.69) is 19.2 Å². The predicted molar refractivity (Wildman–Crippen MR) is 157 cm³/mol. The van der Waals surface area contributed by atoms with E-state index in [-0.39, 0.29) is 24.5 Å². The molecule has 0 spiro atoms. The molecule has 0 saturated heterocycles. The Bertz CT molecular complexity index is 566. The predicted octanol–water partition coefficient (Wildman–Crippen LogP) is 8.89. The lowest BCUT2D eigenvalue weighted by Crippen LogP contribution is -2.28. The molecule has 2 N–H and O–H groups in total. The molecular formula is C32H61NO5. The highest BCUT2D eigenvalue weighted by Gasteiger charge is 2.14. The molecule has 224 valence electrons. The van der Waals surface area contributed by atoms with Gasteiger partial charge in [0.1, 0.15) is 12.6 Å². The number of carboxylic acid groups (broad SMARTS) is 1. The molecule has 38 heavy (non-hydrogen) atoms. The third kappa shape index (κ3) is 27.4. The summed E-state index contributed by atoms with van der Waals surface area (Å²) < 4.78 is 5.93. The first kappa shape index (κ1) is 36.4. The second-order valence-electron chi connectivity index (χ2n) is 11.1. The Morgan fingerprint density at radius 3 is 1.42 bits per heavy atom. The van der Waals surface area contributed by atoms with E-state index in [1.54, 1.807) is 0 Å². The van der Waals surface area contributed by atoms with Crippen molar-refractivity contribution in [2.75, 3.05) is 6.54 Å². The number of esters is 1. The Hall–Kier alpha value is -1.59. The van der Waals surface area contributed by atoms with Gasteiger partial charge in [-0.1, -0.05) is 123 Å². The monoisotopic (exact) mass is 539 g/mol. The Morgan fingerprint density at radius 1 is 0.579 bits per heavy atom. The van der Waals surface area contributed by atoms with Gasteiger partial charge in [0.15, 0.2) is 0 Å². The highest BCUT2D eigenvalue weighted by atomic mass is 16.5. The number of rotatable bonds is 29. The van der Waals surface area contributed by atoms with Crippen LogP contribution < -0.4 is 5.32 Å². The number of hydrogen-bond acceptors (Lipinski definition) is 4. The highest BCUT2D eigenvalue weighted by Crippen LogP contribution is 2.18. The van der Waals surface area contributed by atoms with Crippen LogP contribution in [0.2, 0.25) is 0 Å². The summed E-state index contributed by atoms with van der Waals surface area (Å²) in [6, 6.07) is 0. The first-order valence-corrected chi connectivity index (χ1v) is 16.2. The van der Waals surface area contributed by atoms with E-state index in [0.717, 1.165) is 64.2 Å². The van der Waals surface area contributed by atoms with Crippen molar-refractivity contribution in [2.45, 2.75) is 180 Å². The highest BCUT2D eigenvalue weighted by molar-refractivity contribution is 5.80. The van der Waals surface area contributed by atoms with Crippen molar-refractivity contribution in [3.63, 3.8) is 0 Å². The van der Waals surface area contributed by atoms with E-state index in [1.807, 2.05) is 0 Å².